The average Bonchev–Trinajstić information content (AvgIpc) is 2.84. The van der Waals surface area contributed by atoms with Crippen LogP contribution in [0.25, 0.3) is 0 Å². The Hall–Kier alpha value is -2.37. The molecule has 2 heterocycles. The largest absolute Gasteiger partial charge is 0.383 e. The molecule has 0 atom stereocenters. The van der Waals surface area contributed by atoms with Gasteiger partial charge in [0, 0.05) is 31.7 Å². The number of carbonyl (C=O) groups is 1. The summed E-state index contributed by atoms with van der Waals surface area (Å²) in [6.45, 7) is 3.51. The van der Waals surface area contributed by atoms with Crippen molar-refractivity contribution in [2.24, 2.45) is 0 Å². The Balaban J connectivity index is 1.90. The minimum absolute atomic E-state index is 0.189. The van der Waals surface area contributed by atoms with Crippen LogP contribution in [0.2, 0.25) is 0 Å². The zero-order valence-electron chi connectivity index (χ0n) is 11.1. The molecule has 0 aliphatic carbocycles. The van der Waals surface area contributed by atoms with E-state index < -0.39 is 0 Å². The summed E-state index contributed by atoms with van der Waals surface area (Å²) in [5.74, 6) is -0.189. The van der Waals surface area contributed by atoms with Gasteiger partial charge in [0.15, 0.2) is 0 Å². The third kappa shape index (κ3) is 3.54. The van der Waals surface area contributed by atoms with Gasteiger partial charge in [0.2, 0.25) is 0 Å². The van der Waals surface area contributed by atoms with Gasteiger partial charge in [0.1, 0.15) is 5.69 Å². The number of aryl methyl sites for hydroxylation is 1. The fourth-order valence-electron chi connectivity index (χ4n) is 1.70. The number of pyridine rings is 1. The summed E-state index contributed by atoms with van der Waals surface area (Å²) in [5, 5.41) is 10.00. The highest BCUT2D eigenvalue weighted by molar-refractivity contribution is 5.92. The van der Waals surface area contributed by atoms with E-state index >= 15 is 0 Å². The average molecular weight is 259 g/mol. The molecule has 0 unspecified atom stereocenters. The van der Waals surface area contributed by atoms with Crippen molar-refractivity contribution in [2.45, 2.75) is 13.5 Å². The fourth-order valence-corrected chi connectivity index (χ4v) is 1.70. The highest BCUT2D eigenvalue weighted by atomic mass is 16.1. The Morgan fingerprint density at radius 2 is 2.32 bits per heavy atom. The first kappa shape index (κ1) is 13.1. The highest BCUT2D eigenvalue weighted by Crippen LogP contribution is 2.07. The van der Waals surface area contributed by atoms with Gasteiger partial charge in [-0.05, 0) is 24.6 Å². The number of carbonyl (C=O) groups excluding carboxylic acids is 1. The summed E-state index contributed by atoms with van der Waals surface area (Å²) in [7, 11) is 1.59. The summed E-state index contributed by atoms with van der Waals surface area (Å²) >= 11 is 0. The van der Waals surface area contributed by atoms with Crippen LogP contribution in [0.5, 0.6) is 0 Å². The number of anilines is 1. The molecule has 2 N–H and O–H groups in total. The van der Waals surface area contributed by atoms with E-state index in [1.165, 1.54) is 0 Å². The molecule has 0 aliphatic rings. The predicted molar refractivity (Wildman–Crippen MR) is 73.1 cm³/mol. The van der Waals surface area contributed by atoms with E-state index in [2.05, 4.69) is 20.7 Å². The van der Waals surface area contributed by atoms with E-state index in [4.69, 9.17) is 0 Å². The van der Waals surface area contributed by atoms with Gasteiger partial charge in [-0.25, -0.2) is 0 Å². The van der Waals surface area contributed by atoms with Crippen LogP contribution in [-0.4, -0.2) is 34.3 Å². The molecule has 0 aliphatic heterocycles. The minimum Gasteiger partial charge on any atom is -0.383 e. The van der Waals surface area contributed by atoms with Crippen LogP contribution >= 0.6 is 0 Å². The number of hydrogen-bond acceptors (Lipinski definition) is 4. The molecular weight excluding hydrogens is 242 g/mol. The van der Waals surface area contributed by atoms with Crippen molar-refractivity contribution in [1.82, 2.24) is 20.1 Å². The maximum atomic E-state index is 11.4. The second kappa shape index (κ2) is 5.99. The molecule has 0 saturated carbocycles. The Morgan fingerprint density at radius 3 is 3.00 bits per heavy atom. The molecule has 0 spiro atoms. The number of amides is 1. The zero-order chi connectivity index (χ0) is 13.7. The van der Waals surface area contributed by atoms with Crippen LogP contribution in [0.3, 0.4) is 0 Å². The lowest BCUT2D eigenvalue weighted by Gasteiger charge is -2.07. The third-order valence-corrected chi connectivity index (χ3v) is 2.65. The molecule has 0 fully saturated rings. The topological polar surface area (TPSA) is 71.8 Å². The first-order valence-corrected chi connectivity index (χ1v) is 6.10. The van der Waals surface area contributed by atoms with E-state index in [0.717, 1.165) is 24.3 Å². The second-order valence-corrected chi connectivity index (χ2v) is 4.22. The molecule has 0 radical (unpaired) electrons. The van der Waals surface area contributed by atoms with Crippen LogP contribution in [0.4, 0.5) is 5.69 Å². The molecule has 2 rings (SSSR count). The van der Waals surface area contributed by atoms with E-state index in [1.54, 1.807) is 19.3 Å². The normalized spacial score (nSPS) is 10.2. The van der Waals surface area contributed by atoms with E-state index in [1.807, 2.05) is 30.1 Å². The molecule has 0 saturated heterocycles. The lowest BCUT2D eigenvalue weighted by Crippen LogP contribution is -2.19. The second-order valence-electron chi connectivity index (χ2n) is 4.22. The van der Waals surface area contributed by atoms with Gasteiger partial charge in [-0.15, -0.1) is 0 Å². The van der Waals surface area contributed by atoms with Crippen molar-refractivity contribution in [1.29, 1.82) is 0 Å². The van der Waals surface area contributed by atoms with E-state index in [-0.39, 0.29) is 5.91 Å². The predicted octanol–water partition coefficient (Wildman–Crippen LogP) is 1.06. The smallest absolute Gasteiger partial charge is 0.269 e. The van der Waals surface area contributed by atoms with Gasteiger partial charge in [0.25, 0.3) is 5.91 Å². The van der Waals surface area contributed by atoms with Gasteiger partial charge in [-0.2, -0.15) is 5.10 Å². The van der Waals surface area contributed by atoms with Crippen molar-refractivity contribution in [2.75, 3.05) is 18.9 Å². The van der Waals surface area contributed by atoms with E-state index in [0.29, 0.717) is 5.69 Å². The molecule has 19 heavy (non-hydrogen) atoms. The summed E-state index contributed by atoms with van der Waals surface area (Å²) in [4.78, 5) is 15.5. The highest BCUT2D eigenvalue weighted by Gasteiger charge is 2.04. The summed E-state index contributed by atoms with van der Waals surface area (Å²) in [5.41, 5.74) is 2.42. The van der Waals surface area contributed by atoms with Gasteiger partial charge >= 0.3 is 0 Å². The van der Waals surface area contributed by atoms with E-state index in [9.17, 15) is 4.79 Å². The molecule has 2 aromatic heterocycles. The number of aromatic nitrogens is 3. The molecule has 6 nitrogen and oxygen atoms in total. The molecule has 6 heteroatoms. The monoisotopic (exact) mass is 259 g/mol. The van der Waals surface area contributed by atoms with Gasteiger partial charge in [-0.1, -0.05) is 0 Å². The number of nitrogens with one attached hydrogen (secondary N) is 2. The van der Waals surface area contributed by atoms with Crippen LogP contribution in [0.1, 0.15) is 16.1 Å². The first-order chi connectivity index (χ1) is 9.19. The summed E-state index contributed by atoms with van der Waals surface area (Å²) < 4.78 is 1.88. The molecule has 100 valence electrons. The van der Waals surface area contributed by atoms with Gasteiger partial charge in [-0.3, -0.25) is 14.5 Å². The number of nitrogens with zero attached hydrogens (tertiary/aromatic N) is 3. The van der Waals surface area contributed by atoms with Crippen LogP contribution < -0.4 is 10.6 Å². The van der Waals surface area contributed by atoms with Crippen molar-refractivity contribution in [3.8, 4) is 0 Å². The van der Waals surface area contributed by atoms with Crippen LogP contribution in [0, 0.1) is 6.92 Å². The van der Waals surface area contributed by atoms with Crippen molar-refractivity contribution in [3.05, 3.63) is 42.0 Å². The lowest BCUT2D eigenvalue weighted by molar-refractivity contribution is 0.0958. The SMILES string of the molecule is CNC(=O)c1cc(NCCn2cc(C)cn2)ccn1. The van der Waals surface area contributed by atoms with Crippen molar-refractivity contribution in [3.63, 3.8) is 0 Å². The van der Waals surface area contributed by atoms with Gasteiger partial charge in [0.05, 0.1) is 12.7 Å². The van der Waals surface area contributed by atoms with Crippen molar-refractivity contribution < 1.29 is 4.79 Å². The Bertz CT molecular complexity index is 564. The Kier molecular flexibility index (Phi) is 4.12. The molecule has 1 amide bonds. The Morgan fingerprint density at radius 1 is 1.47 bits per heavy atom. The minimum atomic E-state index is -0.189. The quantitative estimate of drug-likeness (QED) is 0.842. The third-order valence-electron chi connectivity index (χ3n) is 2.65. The zero-order valence-corrected chi connectivity index (χ0v) is 11.1. The molecule has 2 aromatic rings. The summed E-state index contributed by atoms with van der Waals surface area (Å²) in [6.07, 6.45) is 5.44. The first-order valence-electron chi connectivity index (χ1n) is 6.10. The fraction of sp³-hybridized carbons (Fsp3) is 0.308. The van der Waals surface area contributed by atoms with Crippen molar-refractivity contribution >= 4 is 11.6 Å². The lowest BCUT2D eigenvalue weighted by atomic mass is 10.3. The molecular formula is C13H17N5O. The number of rotatable bonds is 5. The molecule has 0 bridgehead atoms. The molecule has 0 aromatic carbocycles. The Labute approximate surface area is 111 Å². The maximum absolute atomic E-state index is 11.4. The maximum Gasteiger partial charge on any atom is 0.269 e. The van der Waals surface area contributed by atoms with Crippen LogP contribution in [0.15, 0.2) is 30.7 Å². The van der Waals surface area contributed by atoms with Crippen LogP contribution in [-0.2, 0) is 6.54 Å². The standard InChI is InChI=1S/C13H17N5O/c1-10-8-17-18(9-10)6-5-15-11-3-4-16-12(7-11)13(19)14-2/h3-4,7-9H,5-6H2,1-2H3,(H,14,19)(H,15,16). The number of hydrogen-bond donors (Lipinski definition) is 2. The summed E-state index contributed by atoms with van der Waals surface area (Å²) in [6, 6.07) is 3.56. The van der Waals surface area contributed by atoms with Gasteiger partial charge < -0.3 is 10.6 Å².